The molecule has 0 aliphatic carbocycles. The van der Waals surface area contributed by atoms with Crippen LogP contribution in [0, 0.1) is 24.7 Å². The molecule has 0 N–H and O–H groups in total. The van der Waals surface area contributed by atoms with Crippen molar-refractivity contribution in [2.24, 2.45) is 0 Å². The Labute approximate surface area is 227 Å². The van der Waals surface area contributed by atoms with E-state index in [1.165, 1.54) is 42.3 Å². The molecule has 176 valence electrons. The fourth-order valence-corrected chi connectivity index (χ4v) is 7.06. The van der Waals surface area contributed by atoms with Crippen LogP contribution in [0.25, 0.3) is 42.3 Å². The van der Waals surface area contributed by atoms with Gasteiger partial charge in [-0.25, -0.2) is 0 Å². The van der Waals surface area contributed by atoms with Gasteiger partial charge in [0.25, 0.3) is 0 Å². The summed E-state index contributed by atoms with van der Waals surface area (Å²) in [5.41, 5.74) is 4.80. The molecule has 2 nitrogen and oxygen atoms in total. The first kappa shape index (κ1) is 24.2. The van der Waals surface area contributed by atoms with Crippen molar-refractivity contribution in [3.63, 3.8) is 0 Å². The van der Waals surface area contributed by atoms with Gasteiger partial charge in [-0.2, -0.15) is 0 Å². The van der Waals surface area contributed by atoms with Crippen molar-refractivity contribution in [1.82, 2.24) is 9.13 Å². The van der Waals surface area contributed by atoms with Crippen LogP contribution in [-0.2, 0) is 13.1 Å². The largest absolute Gasteiger partial charge is 0.327 e. The van der Waals surface area contributed by atoms with Crippen molar-refractivity contribution in [3.8, 4) is 67.0 Å². The number of terminal acetylenes is 2. The first-order valence-electron chi connectivity index (χ1n) is 11.2. The van der Waals surface area contributed by atoms with Gasteiger partial charge in [-0.15, -0.1) is 58.2 Å². The Balaban J connectivity index is 0.000000148. The van der Waals surface area contributed by atoms with Crippen LogP contribution in [0.2, 0.25) is 0 Å². The number of hydrogen-bond donors (Lipinski definition) is 0. The second-order valence-corrected chi connectivity index (χ2v) is 11.5. The summed E-state index contributed by atoms with van der Waals surface area (Å²) in [6, 6.07) is 25.4. The Morgan fingerprint density at radius 3 is 0.944 bits per heavy atom. The molecule has 0 aromatic carbocycles. The lowest BCUT2D eigenvalue weighted by Crippen LogP contribution is -1.98. The van der Waals surface area contributed by atoms with Gasteiger partial charge in [-0.05, 0) is 70.1 Å². The number of rotatable bonds is 6. The topological polar surface area (TPSA) is 9.86 Å². The third-order valence-corrected chi connectivity index (χ3v) is 9.12. The molecule has 0 unspecified atom stereocenters. The van der Waals surface area contributed by atoms with Gasteiger partial charge in [0.05, 0.1) is 55.4 Å². The van der Waals surface area contributed by atoms with E-state index in [-0.39, 0.29) is 0 Å². The van der Waals surface area contributed by atoms with E-state index in [9.17, 15) is 0 Å². The van der Waals surface area contributed by atoms with E-state index >= 15 is 0 Å². The van der Waals surface area contributed by atoms with Gasteiger partial charge in [0, 0.05) is 0 Å². The summed E-state index contributed by atoms with van der Waals surface area (Å²) in [5, 5.41) is 8.36. The molecule has 0 radical (unpaired) electrons. The highest BCUT2D eigenvalue weighted by Crippen LogP contribution is 2.34. The van der Waals surface area contributed by atoms with Crippen LogP contribution in [0.1, 0.15) is 0 Å². The number of aromatic nitrogens is 2. The highest BCUT2D eigenvalue weighted by Gasteiger charge is 2.13. The molecule has 6 aromatic heterocycles. The van der Waals surface area contributed by atoms with Gasteiger partial charge in [0.2, 0.25) is 0 Å². The molecule has 6 heteroatoms. The first-order chi connectivity index (χ1) is 17.8. The zero-order valence-corrected chi connectivity index (χ0v) is 22.6. The van der Waals surface area contributed by atoms with Crippen LogP contribution in [0.3, 0.4) is 0 Å². The van der Waals surface area contributed by atoms with Gasteiger partial charge >= 0.3 is 0 Å². The van der Waals surface area contributed by atoms with Gasteiger partial charge < -0.3 is 9.13 Å². The number of thiophene rings is 4. The second kappa shape index (κ2) is 11.5. The highest BCUT2D eigenvalue weighted by molar-refractivity contribution is 7.14. The minimum atomic E-state index is 0.605. The van der Waals surface area contributed by atoms with Crippen molar-refractivity contribution in [1.29, 1.82) is 0 Å². The summed E-state index contributed by atoms with van der Waals surface area (Å²) in [6.07, 6.45) is 11.0. The van der Waals surface area contributed by atoms with E-state index < -0.39 is 0 Å². The molecular formula is C30H22N2S4. The smallest absolute Gasteiger partial charge is 0.0841 e. The maximum Gasteiger partial charge on any atom is 0.0841 e. The highest BCUT2D eigenvalue weighted by atomic mass is 32.1. The summed E-state index contributed by atoms with van der Waals surface area (Å²) in [6.45, 7) is 1.21. The molecule has 6 rings (SSSR count). The zero-order valence-electron chi connectivity index (χ0n) is 19.3. The lowest BCUT2D eigenvalue weighted by molar-refractivity contribution is 0.872. The summed E-state index contributed by atoms with van der Waals surface area (Å²) < 4.78 is 4.41. The normalized spacial score (nSPS) is 10.4. The van der Waals surface area contributed by atoms with Crippen molar-refractivity contribution in [3.05, 3.63) is 94.3 Å². The third kappa shape index (κ3) is 5.04. The molecule has 0 spiro atoms. The van der Waals surface area contributed by atoms with E-state index in [0.717, 1.165) is 0 Å². The van der Waals surface area contributed by atoms with Gasteiger partial charge in [-0.1, -0.05) is 36.1 Å². The van der Waals surface area contributed by atoms with Crippen LogP contribution in [0.5, 0.6) is 0 Å². The van der Waals surface area contributed by atoms with E-state index in [1.54, 1.807) is 45.3 Å². The molecule has 0 aliphatic heterocycles. The minimum Gasteiger partial charge on any atom is -0.327 e. The van der Waals surface area contributed by atoms with E-state index in [4.69, 9.17) is 12.8 Å². The third-order valence-electron chi connectivity index (χ3n) is 5.55. The predicted molar refractivity (Wildman–Crippen MR) is 160 cm³/mol. The minimum absolute atomic E-state index is 0.605. The van der Waals surface area contributed by atoms with Crippen LogP contribution in [-0.4, -0.2) is 9.13 Å². The average molecular weight is 539 g/mol. The Morgan fingerprint density at radius 1 is 0.472 bits per heavy atom. The molecule has 0 saturated heterocycles. The van der Waals surface area contributed by atoms with Crippen molar-refractivity contribution < 1.29 is 0 Å². The number of hydrogen-bond acceptors (Lipinski definition) is 4. The molecule has 6 heterocycles. The molecule has 36 heavy (non-hydrogen) atoms. The molecule has 0 amide bonds. The number of nitrogens with zero attached hydrogens (tertiary/aromatic N) is 2. The van der Waals surface area contributed by atoms with E-state index in [1.807, 2.05) is 0 Å². The van der Waals surface area contributed by atoms with Gasteiger partial charge in [0.15, 0.2) is 0 Å². The first-order valence-corrected chi connectivity index (χ1v) is 14.7. The van der Waals surface area contributed by atoms with Gasteiger partial charge in [0.1, 0.15) is 0 Å². The van der Waals surface area contributed by atoms with Crippen LogP contribution in [0.15, 0.2) is 94.3 Å². The van der Waals surface area contributed by atoms with E-state index in [0.29, 0.717) is 13.1 Å². The molecule has 0 aliphatic rings. The summed E-state index contributed by atoms with van der Waals surface area (Å²) in [5.74, 6) is 5.49. The van der Waals surface area contributed by atoms with Crippen molar-refractivity contribution >= 4 is 45.3 Å². The summed E-state index contributed by atoms with van der Waals surface area (Å²) in [4.78, 5) is 5.03. The Hall–Kier alpha value is -3.52. The van der Waals surface area contributed by atoms with Crippen LogP contribution < -0.4 is 0 Å². The maximum atomic E-state index is 5.50. The monoisotopic (exact) mass is 538 g/mol. The quantitative estimate of drug-likeness (QED) is 0.187. The second-order valence-electron chi connectivity index (χ2n) is 7.70. The Morgan fingerprint density at radius 2 is 0.750 bits per heavy atom. The average Bonchev–Trinajstić information content (AvgIpc) is 3.73. The fourth-order valence-electron chi connectivity index (χ4n) is 4.02. The van der Waals surface area contributed by atoms with Crippen LogP contribution in [0.4, 0.5) is 0 Å². The Kier molecular flexibility index (Phi) is 7.71. The Bertz CT molecular complexity index is 1350. The van der Waals surface area contributed by atoms with E-state index in [2.05, 4.69) is 115 Å². The summed E-state index contributed by atoms with van der Waals surface area (Å²) in [7, 11) is 0. The molecule has 0 saturated carbocycles. The lowest BCUT2D eigenvalue weighted by Gasteiger charge is -2.08. The lowest BCUT2D eigenvalue weighted by atomic mass is 10.3. The molecule has 0 fully saturated rings. The van der Waals surface area contributed by atoms with Crippen LogP contribution >= 0.6 is 45.3 Å². The predicted octanol–water partition coefficient (Wildman–Crippen LogP) is 9.16. The molecule has 6 aromatic rings. The fraction of sp³-hybridized carbons (Fsp3) is 0.0667. The SMILES string of the molecule is C#CCn1c(-c2cccs2)ccc1-c1cccs1.C#CCn1c(-c2cccs2)ccc1-c1cccs1. The maximum absolute atomic E-state index is 5.50. The molecule has 0 bridgehead atoms. The zero-order chi connectivity index (χ0) is 24.7. The van der Waals surface area contributed by atoms with Crippen molar-refractivity contribution in [2.45, 2.75) is 13.1 Å². The van der Waals surface area contributed by atoms with Crippen molar-refractivity contribution in [2.75, 3.05) is 0 Å². The molecule has 0 atom stereocenters. The standard InChI is InChI=1S/2C15H11NS2/c2*1-2-9-16-12(14-5-3-10-17-14)7-8-13(16)15-6-4-11-18-15/h2*1,3-8,10-11H,9H2. The van der Waals surface area contributed by atoms with Gasteiger partial charge in [-0.3, -0.25) is 0 Å². The summed E-state index contributed by atoms with van der Waals surface area (Å²) >= 11 is 6.96. The molecular weight excluding hydrogens is 517 g/mol.